The highest BCUT2D eigenvalue weighted by Crippen LogP contribution is 2.30. The van der Waals surface area contributed by atoms with E-state index in [0.29, 0.717) is 5.56 Å². The molecule has 0 spiro atoms. The predicted octanol–water partition coefficient (Wildman–Crippen LogP) is 2.55. The number of hydrogen-bond acceptors (Lipinski definition) is 6. The number of nitrogens with zero attached hydrogens (tertiary/aromatic N) is 1. The molecule has 0 bridgehead atoms. The van der Waals surface area contributed by atoms with Crippen LogP contribution in [0.4, 0.5) is 18.9 Å². The average Bonchev–Trinajstić information content (AvgIpc) is 2.71. The molecule has 160 valence electrons. The first-order chi connectivity index (χ1) is 14.0. The molecule has 0 fully saturated rings. The number of nitro benzene ring substituents is 1. The van der Waals surface area contributed by atoms with Crippen molar-refractivity contribution in [3.05, 3.63) is 75.3 Å². The van der Waals surface area contributed by atoms with Crippen molar-refractivity contribution in [3.8, 4) is 0 Å². The normalized spacial score (nSPS) is 13.2. The van der Waals surface area contributed by atoms with Crippen LogP contribution in [0.3, 0.4) is 0 Å². The molecule has 2 aromatic carbocycles. The highest BCUT2D eigenvalue weighted by Gasteiger charge is 2.31. The van der Waals surface area contributed by atoms with Gasteiger partial charge in [-0.3, -0.25) is 14.9 Å². The number of methoxy groups -OCH3 is 1. The monoisotopic (exact) mass is 426 g/mol. The lowest BCUT2D eigenvalue weighted by Crippen LogP contribution is -2.45. The maximum absolute atomic E-state index is 12.6. The molecule has 0 aliphatic heterocycles. The lowest BCUT2D eigenvalue weighted by atomic mass is 10.0. The summed E-state index contributed by atoms with van der Waals surface area (Å²) in [5, 5.41) is 23.1. The lowest BCUT2D eigenvalue weighted by Gasteiger charge is -2.19. The van der Waals surface area contributed by atoms with Gasteiger partial charge in [-0.15, -0.1) is 0 Å². The largest absolute Gasteiger partial charge is 0.467 e. The second-order valence-corrected chi connectivity index (χ2v) is 6.23. The second kappa shape index (κ2) is 9.35. The van der Waals surface area contributed by atoms with E-state index in [-0.39, 0.29) is 17.7 Å². The van der Waals surface area contributed by atoms with Crippen LogP contribution in [0.2, 0.25) is 0 Å². The van der Waals surface area contributed by atoms with Gasteiger partial charge in [-0.25, -0.2) is 4.79 Å². The first-order valence-corrected chi connectivity index (χ1v) is 8.49. The molecule has 0 saturated heterocycles. The highest BCUT2D eigenvalue weighted by molar-refractivity contribution is 5.87. The number of aliphatic hydroxyl groups is 1. The molecule has 0 heterocycles. The number of alkyl halides is 3. The summed E-state index contributed by atoms with van der Waals surface area (Å²) in [5.41, 5.74) is -0.723. The molecule has 2 aromatic rings. The number of hydrogen-bond donors (Lipinski definition) is 2. The summed E-state index contributed by atoms with van der Waals surface area (Å²) in [6.45, 7) is 0. The van der Waals surface area contributed by atoms with Crippen molar-refractivity contribution in [2.24, 2.45) is 0 Å². The molecule has 2 N–H and O–H groups in total. The van der Waals surface area contributed by atoms with Gasteiger partial charge in [0.1, 0.15) is 6.04 Å². The SMILES string of the molecule is COC(=O)[C@@H](Cc1ccc([N+](=O)[O-])cc1)NC(=O)[C@H](O)c1ccc(C(F)(F)F)cc1. The van der Waals surface area contributed by atoms with Crippen molar-refractivity contribution in [3.63, 3.8) is 0 Å². The van der Waals surface area contributed by atoms with E-state index in [4.69, 9.17) is 0 Å². The van der Waals surface area contributed by atoms with Crippen LogP contribution in [0.15, 0.2) is 48.5 Å². The van der Waals surface area contributed by atoms with Crippen molar-refractivity contribution in [2.45, 2.75) is 24.7 Å². The Morgan fingerprint density at radius 1 is 1.13 bits per heavy atom. The number of ether oxygens (including phenoxy) is 1. The van der Waals surface area contributed by atoms with Crippen LogP contribution in [0.25, 0.3) is 0 Å². The fraction of sp³-hybridized carbons (Fsp3) is 0.263. The Bertz CT molecular complexity index is 913. The Labute approximate surface area is 168 Å². The number of esters is 1. The summed E-state index contributed by atoms with van der Waals surface area (Å²) in [6.07, 6.45) is -6.47. The molecule has 8 nitrogen and oxygen atoms in total. The highest BCUT2D eigenvalue weighted by atomic mass is 19.4. The van der Waals surface area contributed by atoms with E-state index in [0.717, 1.165) is 31.4 Å². The second-order valence-electron chi connectivity index (χ2n) is 6.23. The summed E-state index contributed by atoms with van der Waals surface area (Å²) >= 11 is 0. The zero-order chi connectivity index (χ0) is 22.5. The fourth-order valence-corrected chi connectivity index (χ4v) is 2.58. The van der Waals surface area contributed by atoms with Crippen molar-refractivity contribution >= 4 is 17.6 Å². The minimum atomic E-state index is -4.56. The van der Waals surface area contributed by atoms with Crippen LogP contribution >= 0.6 is 0 Å². The van der Waals surface area contributed by atoms with Gasteiger partial charge < -0.3 is 15.2 Å². The minimum absolute atomic E-state index is 0.0872. The molecule has 0 aromatic heterocycles. The molecular formula is C19H17F3N2O6. The van der Waals surface area contributed by atoms with Crippen LogP contribution in [-0.4, -0.2) is 35.1 Å². The van der Waals surface area contributed by atoms with Crippen molar-refractivity contribution in [1.82, 2.24) is 5.32 Å². The zero-order valence-corrected chi connectivity index (χ0v) is 15.6. The molecular weight excluding hydrogens is 409 g/mol. The van der Waals surface area contributed by atoms with Gasteiger partial charge in [-0.1, -0.05) is 24.3 Å². The Morgan fingerprint density at radius 3 is 2.17 bits per heavy atom. The number of nitrogens with one attached hydrogen (secondary N) is 1. The minimum Gasteiger partial charge on any atom is -0.467 e. The number of halogens is 3. The van der Waals surface area contributed by atoms with Gasteiger partial charge in [0.25, 0.3) is 11.6 Å². The number of carbonyl (C=O) groups excluding carboxylic acids is 2. The fourth-order valence-electron chi connectivity index (χ4n) is 2.58. The molecule has 0 saturated carbocycles. The van der Waals surface area contributed by atoms with E-state index in [1.54, 1.807) is 0 Å². The molecule has 30 heavy (non-hydrogen) atoms. The van der Waals surface area contributed by atoms with E-state index in [1.165, 1.54) is 24.3 Å². The number of nitro groups is 1. The maximum Gasteiger partial charge on any atom is 0.416 e. The first-order valence-electron chi connectivity index (χ1n) is 8.49. The Kier molecular flexibility index (Phi) is 7.11. The molecule has 2 rings (SSSR count). The lowest BCUT2D eigenvalue weighted by molar-refractivity contribution is -0.384. The van der Waals surface area contributed by atoms with Crippen LogP contribution in [0, 0.1) is 10.1 Å². The van der Waals surface area contributed by atoms with Crippen LogP contribution in [0.5, 0.6) is 0 Å². The van der Waals surface area contributed by atoms with Crippen LogP contribution in [-0.2, 0) is 26.9 Å². The first kappa shape index (κ1) is 22.8. The van der Waals surface area contributed by atoms with Gasteiger partial charge in [0.2, 0.25) is 0 Å². The standard InChI is InChI=1S/C19H17F3N2O6/c1-30-18(27)15(10-11-2-8-14(9-3-11)24(28)29)23-17(26)16(25)12-4-6-13(7-5-12)19(20,21)22/h2-9,15-16,25H,10H2,1H3,(H,23,26)/t15-,16-/m1/s1. The van der Waals surface area contributed by atoms with Crippen molar-refractivity contribution in [2.75, 3.05) is 7.11 Å². The quantitative estimate of drug-likeness (QED) is 0.399. The summed E-state index contributed by atoms with van der Waals surface area (Å²) in [6, 6.07) is 7.37. The van der Waals surface area contributed by atoms with E-state index in [9.17, 15) is 38.0 Å². The third kappa shape index (κ3) is 5.77. The summed E-state index contributed by atoms with van der Waals surface area (Å²) in [7, 11) is 1.09. The molecule has 0 radical (unpaired) electrons. The number of amides is 1. The van der Waals surface area contributed by atoms with E-state index >= 15 is 0 Å². The molecule has 2 atom stereocenters. The summed E-state index contributed by atoms with van der Waals surface area (Å²) in [4.78, 5) is 34.4. The van der Waals surface area contributed by atoms with E-state index < -0.39 is 40.7 Å². The van der Waals surface area contributed by atoms with Crippen molar-refractivity contribution < 1.29 is 37.5 Å². The van der Waals surface area contributed by atoms with Gasteiger partial charge in [-0.2, -0.15) is 13.2 Å². The summed E-state index contributed by atoms with van der Waals surface area (Å²) in [5.74, 6) is -1.85. The molecule has 0 unspecified atom stereocenters. The number of benzene rings is 2. The molecule has 11 heteroatoms. The number of non-ortho nitro benzene ring substituents is 1. The smallest absolute Gasteiger partial charge is 0.416 e. The molecule has 0 aliphatic carbocycles. The van der Waals surface area contributed by atoms with Crippen LogP contribution in [0.1, 0.15) is 22.8 Å². The van der Waals surface area contributed by atoms with E-state index in [1.807, 2.05) is 0 Å². The maximum atomic E-state index is 12.6. The predicted molar refractivity (Wildman–Crippen MR) is 97.2 cm³/mol. The van der Waals surface area contributed by atoms with Crippen LogP contribution < -0.4 is 5.32 Å². The summed E-state index contributed by atoms with van der Waals surface area (Å²) < 4.78 is 42.5. The van der Waals surface area contributed by atoms with Gasteiger partial charge in [0.15, 0.2) is 6.10 Å². The Hall–Kier alpha value is -3.47. The van der Waals surface area contributed by atoms with Gasteiger partial charge >= 0.3 is 12.1 Å². The van der Waals surface area contributed by atoms with Gasteiger partial charge in [0.05, 0.1) is 17.6 Å². The molecule has 1 amide bonds. The Balaban J connectivity index is 2.12. The number of aliphatic hydroxyl groups excluding tert-OH is 1. The zero-order valence-electron chi connectivity index (χ0n) is 15.6. The topological polar surface area (TPSA) is 119 Å². The van der Waals surface area contributed by atoms with Crippen molar-refractivity contribution in [1.29, 1.82) is 0 Å². The van der Waals surface area contributed by atoms with Gasteiger partial charge in [0, 0.05) is 18.6 Å². The Morgan fingerprint density at radius 2 is 1.70 bits per heavy atom. The average molecular weight is 426 g/mol. The number of rotatable bonds is 7. The van der Waals surface area contributed by atoms with Gasteiger partial charge in [-0.05, 0) is 23.3 Å². The molecule has 0 aliphatic rings. The van der Waals surface area contributed by atoms with E-state index in [2.05, 4.69) is 10.1 Å². The third-order valence-corrected chi connectivity index (χ3v) is 4.19. The number of carbonyl (C=O) groups is 2. The third-order valence-electron chi connectivity index (χ3n) is 4.19.